The number of hydrogen-bond donors (Lipinski definition) is 3. The lowest BCUT2D eigenvalue weighted by molar-refractivity contribution is -0.122. The van der Waals surface area contributed by atoms with Gasteiger partial charge in [0, 0.05) is 31.6 Å². The summed E-state index contributed by atoms with van der Waals surface area (Å²) in [7, 11) is 0. The molecule has 6 heteroatoms. The Hall–Kier alpha value is -1.75. The van der Waals surface area contributed by atoms with Crippen molar-refractivity contribution in [2.24, 2.45) is 0 Å². The van der Waals surface area contributed by atoms with Crippen LogP contribution in [0.4, 0.5) is 5.69 Å². The molecule has 1 aromatic rings. The summed E-state index contributed by atoms with van der Waals surface area (Å²) < 4.78 is 0. The molecule has 0 saturated carbocycles. The number of aryl methyl sites for hydroxylation is 1. The van der Waals surface area contributed by atoms with Crippen molar-refractivity contribution in [1.82, 2.24) is 10.6 Å². The van der Waals surface area contributed by atoms with Gasteiger partial charge in [0.25, 0.3) is 0 Å². The highest BCUT2D eigenvalue weighted by atomic mass is 35.5. The van der Waals surface area contributed by atoms with Crippen LogP contribution in [0, 0.1) is 0 Å². The molecule has 1 aromatic carbocycles. The third-order valence-corrected chi connectivity index (χ3v) is 2.92. The van der Waals surface area contributed by atoms with Crippen LogP contribution >= 0.6 is 12.4 Å². The minimum atomic E-state index is -0.0588. The summed E-state index contributed by atoms with van der Waals surface area (Å²) in [6, 6.07) is 7.52. The number of nitrogen functional groups attached to an aromatic ring is 1. The van der Waals surface area contributed by atoms with Crippen molar-refractivity contribution in [2.45, 2.75) is 32.6 Å². The number of nitrogens with one attached hydrogen (secondary N) is 2. The summed E-state index contributed by atoms with van der Waals surface area (Å²) in [5.41, 5.74) is 7.49. The average Bonchev–Trinajstić information content (AvgIpc) is 2.44. The first-order valence-electron chi connectivity index (χ1n) is 7.00. The molecule has 0 aliphatic rings. The molecule has 0 saturated heterocycles. The molecule has 118 valence electrons. The van der Waals surface area contributed by atoms with E-state index in [1.165, 1.54) is 0 Å². The first-order chi connectivity index (χ1) is 9.63. The fourth-order valence-corrected chi connectivity index (χ4v) is 1.77. The molecule has 0 aliphatic heterocycles. The molecular formula is C15H24ClN3O2. The summed E-state index contributed by atoms with van der Waals surface area (Å²) >= 11 is 0. The predicted octanol–water partition coefficient (Wildman–Crippen LogP) is 1.66. The molecule has 5 nitrogen and oxygen atoms in total. The van der Waals surface area contributed by atoms with Crippen LogP contribution in [0.15, 0.2) is 24.3 Å². The standard InChI is InChI=1S/C15H23N3O2.ClH/c1-2-10-17-15(20)9-11-18-14(19)8-7-12-5-3-4-6-13(12)16;/h3-6H,2,7-11,16H2,1H3,(H,17,20)(H,18,19);1H. The van der Waals surface area contributed by atoms with Crippen LogP contribution in [-0.2, 0) is 16.0 Å². The van der Waals surface area contributed by atoms with Crippen LogP contribution in [0.1, 0.15) is 31.7 Å². The lowest BCUT2D eigenvalue weighted by atomic mass is 10.1. The van der Waals surface area contributed by atoms with Crippen molar-refractivity contribution >= 4 is 29.9 Å². The first-order valence-corrected chi connectivity index (χ1v) is 7.00. The molecule has 4 N–H and O–H groups in total. The molecular weight excluding hydrogens is 290 g/mol. The Balaban J connectivity index is 0.00000400. The second kappa shape index (κ2) is 11.0. The van der Waals surface area contributed by atoms with Gasteiger partial charge in [0.05, 0.1) is 0 Å². The highest BCUT2D eigenvalue weighted by molar-refractivity contribution is 5.85. The van der Waals surface area contributed by atoms with Gasteiger partial charge in [-0.15, -0.1) is 12.4 Å². The number of anilines is 1. The van der Waals surface area contributed by atoms with E-state index in [0.717, 1.165) is 12.0 Å². The molecule has 0 spiro atoms. The minimum absolute atomic E-state index is 0. The van der Waals surface area contributed by atoms with E-state index in [1.54, 1.807) is 0 Å². The molecule has 0 atom stereocenters. The number of carbonyl (C=O) groups excluding carboxylic acids is 2. The lowest BCUT2D eigenvalue weighted by Crippen LogP contribution is -2.31. The van der Waals surface area contributed by atoms with E-state index in [9.17, 15) is 9.59 Å². The largest absolute Gasteiger partial charge is 0.399 e. The smallest absolute Gasteiger partial charge is 0.221 e. The summed E-state index contributed by atoms with van der Waals surface area (Å²) in [5, 5.41) is 5.50. The van der Waals surface area contributed by atoms with Crippen LogP contribution in [0.5, 0.6) is 0 Å². The van der Waals surface area contributed by atoms with Crippen LogP contribution < -0.4 is 16.4 Å². The van der Waals surface area contributed by atoms with Gasteiger partial charge in [-0.2, -0.15) is 0 Å². The van der Waals surface area contributed by atoms with Gasteiger partial charge in [0.1, 0.15) is 0 Å². The Morgan fingerprint density at radius 3 is 2.33 bits per heavy atom. The summed E-state index contributed by atoms with van der Waals surface area (Å²) in [5.74, 6) is -0.0870. The molecule has 21 heavy (non-hydrogen) atoms. The normalized spacial score (nSPS) is 9.57. The topological polar surface area (TPSA) is 84.2 Å². The second-order valence-electron chi connectivity index (χ2n) is 4.65. The lowest BCUT2D eigenvalue weighted by Gasteiger charge is -2.07. The molecule has 2 amide bonds. The molecule has 0 aromatic heterocycles. The van der Waals surface area contributed by atoms with Crippen LogP contribution in [0.3, 0.4) is 0 Å². The first kappa shape index (κ1) is 19.2. The highest BCUT2D eigenvalue weighted by Crippen LogP contribution is 2.12. The average molecular weight is 314 g/mol. The van der Waals surface area contributed by atoms with Crippen molar-refractivity contribution in [3.8, 4) is 0 Å². The number of amides is 2. The zero-order chi connectivity index (χ0) is 14.8. The second-order valence-corrected chi connectivity index (χ2v) is 4.65. The molecule has 0 radical (unpaired) electrons. The number of hydrogen-bond acceptors (Lipinski definition) is 3. The van der Waals surface area contributed by atoms with Crippen LogP contribution in [0.25, 0.3) is 0 Å². The predicted molar refractivity (Wildman–Crippen MR) is 87.4 cm³/mol. The summed E-state index contributed by atoms with van der Waals surface area (Å²) in [6.45, 7) is 3.05. The highest BCUT2D eigenvalue weighted by Gasteiger charge is 2.05. The SMILES string of the molecule is CCCNC(=O)CCNC(=O)CCc1ccccc1N.Cl. The van der Waals surface area contributed by atoms with Crippen molar-refractivity contribution < 1.29 is 9.59 Å². The van der Waals surface area contributed by atoms with Gasteiger partial charge in [-0.25, -0.2) is 0 Å². The van der Waals surface area contributed by atoms with E-state index >= 15 is 0 Å². The van der Waals surface area contributed by atoms with Crippen molar-refractivity contribution in [3.63, 3.8) is 0 Å². The fourth-order valence-electron chi connectivity index (χ4n) is 1.77. The molecule has 0 fully saturated rings. The maximum Gasteiger partial charge on any atom is 0.221 e. The Morgan fingerprint density at radius 1 is 1.05 bits per heavy atom. The Bertz CT molecular complexity index is 452. The van der Waals surface area contributed by atoms with E-state index in [1.807, 2.05) is 31.2 Å². The maximum atomic E-state index is 11.6. The molecule has 0 bridgehead atoms. The number of para-hydroxylation sites is 1. The minimum Gasteiger partial charge on any atom is -0.399 e. The van der Waals surface area contributed by atoms with Crippen LogP contribution in [-0.4, -0.2) is 24.9 Å². The fraction of sp³-hybridized carbons (Fsp3) is 0.467. The van der Waals surface area contributed by atoms with E-state index in [4.69, 9.17) is 5.73 Å². The van der Waals surface area contributed by atoms with Gasteiger partial charge in [-0.3, -0.25) is 9.59 Å². The Morgan fingerprint density at radius 2 is 1.67 bits per heavy atom. The van der Waals surface area contributed by atoms with Gasteiger partial charge in [-0.1, -0.05) is 25.1 Å². The van der Waals surface area contributed by atoms with E-state index in [2.05, 4.69) is 10.6 Å². The Kier molecular flexibility index (Phi) is 10.1. The van der Waals surface area contributed by atoms with Gasteiger partial charge in [-0.05, 0) is 24.5 Å². The number of halogens is 1. The summed E-state index contributed by atoms with van der Waals surface area (Å²) in [6.07, 6.45) is 2.22. The number of nitrogens with two attached hydrogens (primary N) is 1. The van der Waals surface area contributed by atoms with E-state index < -0.39 is 0 Å². The quantitative estimate of drug-likeness (QED) is 0.638. The number of rotatable bonds is 8. The van der Waals surface area contributed by atoms with Crippen molar-refractivity contribution in [2.75, 3.05) is 18.8 Å². The zero-order valence-electron chi connectivity index (χ0n) is 12.4. The van der Waals surface area contributed by atoms with Gasteiger partial charge in [0.15, 0.2) is 0 Å². The Labute approximate surface area is 132 Å². The molecule has 0 heterocycles. The van der Waals surface area contributed by atoms with Crippen LogP contribution in [0.2, 0.25) is 0 Å². The van der Waals surface area contributed by atoms with Gasteiger partial charge >= 0.3 is 0 Å². The van der Waals surface area contributed by atoms with Gasteiger partial charge < -0.3 is 16.4 Å². The maximum absolute atomic E-state index is 11.6. The molecule has 1 rings (SSSR count). The third kappa shape index (κ3) is 8.19. The zero-order valence-corrected chi connectivity index (χ0v) is 13.2. The monoisotopic (exact) mass is 313 g/mol. The van der Waals surface area contributed by atoms with E-state index in [-0.39, 0.29) is 24.2 Å². The number of benzene rings is 1. The summed E-state index contributed by atoms with van der Waals surface area (Å²) in [4.78, 5) is 23.0. The third-order valence-electron chi connectivity index (χ3n) is 2.92. The molecule has 0 aliphatic carbocycles. The van der Waals surface area contributed by atoms with E-state index in [0.29, 0.717) is 38.0 Å². The molecule has 0 unspecified atom stereocenters. The van der Waals surface area contributed by atoms with Crippen molar-refractivity contribution in [1.29, 1.82) is 0 Å². The van der Waals surface area contributed by atoms with Crippen molar-refractivity contribution in [3.05, 3.63) is 29.8 Å². The van der Waals surface area contributed by atoms with Gasteiger partial charge in [0.2, 0.25) is 11.8 Å². The number of carbonyl (C=O) groups is 2.